The van der Waals surface area contributed by atoms with E-state index in [-0.39, 0.29) is 6.10 Å². The van der Waals surface area contributed by atoms with E-state index in [4.69, 9.17) is 0 Å². The van der Waals surface area contributed by atoms with Crippen LogP contribution in [0.4, 0.5) is 0 Å². The molecule has 2 aliphatic rings. The summed E-state index contributed by atoms with van der Waals surface area (Å²) in [4.78, 5) is 0. The number of aliphatic hydroxyl groups is 1. The van der Waals surface area contributed by atoms with Crippen molar-refractivity contribution in [3.05, 3.63) is 0 Å². The van der Waals surface area contributed by atoms with Crippen molar-refractivity contribution >= 4 is 0 Å². The van der Waals surface area contributed by atoms with E-state index in [9.17, 15) is 5.11 Å². The van der Waals surface area contributed by atoms with Crippen LogP contribution >= 0.6 is 0 Å². The van der Waals surface area contributed by atoms with E-state index < -0.39 is 0 Å². The monoisotopic (exact) mass is 210 g/mol. The van der Waals surface area contributed by atoms with Gasteiger partial charge in [-0.3, -0.25) is 0 Å². The molecule has 0 aromatic rings. The van der Waals surface area contributed by atoms with Crippen molar-refractivity contribution in [2.45, 2.75) is 60.0 Å². The van der Waals surface area contributed by atoms with Crippen LogP contribution in [0.3, 0.4) is 0 Å². The molecule has 2 aliphatic carbocycles. The van der Waals surface area contributed by atoms with Gasteiger partial charge < -0.3 is 5.11 Å². The van der Waals surface area contributed by atoms with Crippen molar-refractivity contribution in [1.82, 2.24) is 0 Å². The van der Waals surface area contributed by atoms with Gasteiger partial charge in [-0.1, -0.05) is 34.6 Å². The topological polar surface area (TPSA) is 20.2 Å². The van der Waals surface area contributed by atoms with Crippen molar-refractivity contribution in [2.75, 3.05) is 0 Å². The van der Waals surface area contributed by atoms with Crippen LogP contribution < -0.4 is 0 Å². The molecule has 1 heteroatoms. The van der Waals surface area contributed by atoms with Crippen LogP contribution in [-0.2, 0) is 0 Å². The molecule has 0 aromatic carbocycles. The van der Waals surface area contributed by atoms with Crippen LogP contribution in [-0.4, -0.2) is 11.2 Å². The van der Waals surface area contributed by atoms with Gasteiger partial charge in [0.1, 0.15) is 0 Å². The lowest BCUT2D eigenvalue weighted by molar-refractivity contribution is 0.0386. The summed E-state index contributed by atoms with van der Waals surface area (Å²) in [7, 11) is 0. The predicted octanol–water partition coefficient (Wildman–Crippen LogP) is 3.47. The fourth-order valence-corrected chi connectivity index (χ4v) is 4.23. The van der Waals surface area contributed by atoms with Gasteiger partial charge in [0.25, 0.3) is 0 Å². The van der Waals surface area contributed by atoms with Gasteiger partial charge in [0.05, 0.1) is 6.10 Å². The third kappa shape index (κ3) is 1.39. The van der Waals surface area contributed by atoms with Crippen molar-refractivity contribution in [2.24, 2.45) is 28.6 Å². The van der Waals surface area contributed by atoms with E-state index in [1.165, 1.54) is 6.42 Å². The molecule has 0 bridgehead atoms. The Morgan fingerprint density at radius 1 is 1.00 bits per heavy atom. The fourth-order valence-electron chi connectivity index (χ4n) is 4.23. The summed E-state index contributed by atoms with van der Waals surface area (Å²) in [5.74, 6) is 2.32. The molecule has 0 aromatic heterocycles. The standard InChI is InChI=1S/C14H26O/c1-9-11-8-10(15)6-7-12(11)14(4,5)13(9,2)3/h9-12,15H,6-8H2,1-5H3. The maximum atomic E-state index is 9.81. The Morgan fingerprint density at radius 3 is 2.20 bits per heavy atom. The maximum Gasteiger partial charge on any atom is 0.0543 e. The fraction of sp³-hybridized carbons (Fsp3) is 1.00. The van der Waals surface area contributed by atoms with Crippen LogP contribution in [0.1, 0.15) is 53.9 Å². The highest BCUT2D eigenvalue weighted by molar-refractivity contribution is 5.07. The van der Waals surface area contributed by atoms with E-state index in [1.54, 1.807) is 0 Å². The average molecular weight is 210 g/mol. The largest absolute Gasteiger partial charge is 0.393 e. The molecule has 1 N–H and O–H groups in total. The molecule has 2 saturated carbocycles. The van der Waals surface area contributed by atoms with Gasteiger partial charge in [-0.25, -0.2) is 0 Å². The van der Waals surface area contributed by atoms with E-state index in [0.29, 0.717) is 10.8 Å². The lowest BCUT2D eigenvalue weighted by atomic mass is 9.63. The normalized spacial score (nSPS) is 47.6. The molecule has 4 atom stereocenters. The molecule has 0 radical (unpaired) electrons. The first kappa shape index (κ1) is 11.4. The number of rotatable bonds is 0. The Labute approximate surface area is 94.3 Å². The van der Waals surface area contributed by atoms with Gasteiger partial charge in [0, 0.05) is 0 Å². The molecule has 15 heavy (non-hydrogen) atoms. The summed E-state index contributed by atoms with van der Waals surface area (Å²) in [5.41, 5.74) is 0.837. The van der Waals surface area contributed by atoms with Crippen LogP contribution in [0.5, 0.6) is 0 Å². The first-order valence-corrected chi connectivity index (χ1v) is 6.46. The Hall–Kier alpha value is -0.0400. The molecule has 0 spiro atoms. The van der Waals surface area contributed by atoms with Gasteiger partial charge in [0.15, 0.2) is 0 Å². The van der Waals surface area contributed by atoms with Gasteiger partial charge in [0.2, 0.25) is 0 Å². The minimum atomic E-state index is -0.0293. The molecule has 2 rings (SSSR count). The number of hydrogen-bond acceptors (Lipinski definition) is 1. The summed E-state index contributed by atoms with van der Waals surface area (Å²) in [6.45, 7) is 12.1. The molecule has 2 fully saturated rings. The number of hydrogen-bond donors (Lipinski definition) is 1. The first-order valence-electron chi connectivity index (χ1n) is 6.46. The minimum Gasteiger partial charge on any atom is -0.393 e. The Morgan fingerprint density at radius 2 is 1.60 bits per heavy atom. The molecule has 4 unspecified atom stereocenters. The summed E-state index contributed by atoms with van der Waals surface area (Å²) >= 11 is 0. The van der Waals surface area contributed by atoms with Crippen molar-refractivity contribution in [3.63, 3.8) is 0 Å². The van der Waals surface area contributed by atoms with Gasteiger partial charge in [-0.15, -0.1) is 0 Å². The third-order valence-corrected chi connectivity index (χ3v) is 6.24. The second-order valence-corrected chi connectivity index (χ2v) is 6.97. The summed E-state index contributed by atoms with van der Waals surface area (Å²) in [6, 6.07) is 0. The highest BCUT2D eigenvalue weighted by Crippen LogP contribution is 2.64. The van der Waals surface area contributed by atoms with Crippen LogP contribution in [0.15, 0.2) is 0 Å². The molecule has 88 valence electrons. The molecule has 0 amide bonds. The zero-order chi connectivity index (χ0) is 11.4. The highest BCUT2D eigenvalue weighted by atomic mass is 16.3. The summed E-state index contributed by atoms with van der Waals surface area (Å²) in [5, 5.41) is 9.81. The van der Waals surface area contributed by atoms with Crippen LogP contribution in [0.25, 0.3) is 0 Å². The third-order valence-electron chi connectivity index (χ3n) is 6.24. The van der Waals surface area contributed by atoms with Crippen LogP contribution in [0.2, 0.25) is 0 Å². The van der Waals surface area contributed by atoms with E-state index in [0.717, 1.165) is 30.6 Å². The van der Waals surface area contributed by atoms with Gasteiger partial charge in [-0.2, -0.15) is 0 Å². The maximum absolute atomic E-state index is 9.81. The summed E-state index contributed by atoms with van der Waals surface area (Å²) < 4.78 is 0. The van der Waals surface area contributed by atoms with E-state index in [1.807, 2.05) is 0 Å². The summed E-state index contributed by atoms with van der Waals surface area (Å²) in [6.07, 6.45) is 3.26. The smallest absolute Gasteiger partial charge is 0.0543 e. The van der Waals surface area contributed by atoms with E-state index >= 15 is 0 Å². The lowest BCUT2D eigenvalue weighted by Crippen LogP contribution is -2.35. The Balaban J connectivity index is 2.32. The first-order chi connectivity index (χ1) is 6.78. The van der Waals surface area contributed by atoms with Crippen molar-refractivity contribution in [3.8, 4) is 0 Å². The highest BCUT2D eigenvalue weighted by Gasteiger charge is 2.58. The Kier molecular flexibility index (Phi) is 2.46. The molecule has 0 saturated heterocycles. The second kappa shape index (κ2) is 3.23. The SMILES string of the molecule is CC1C2CC(O)CCC2C(C)(C)C1(C)C. The zero-order valence-electron chi connectivity index (χ0n) is 10.9. The van der Waals surface area contributed by atoms with Gasteiger partial charge >= 0.3 is 0 Å². The quantitative estimate of drug-likeness (QED) is 0.649. The van der Waals surface area contributed by atoms with Gasteiger partial charge in [-0.05, 0) is 47.8 Å². The van der Waals surface area contributed by atoms with Crippen molar-refractivity contribution < 1.29 is 5.11 Å². The average Bonchev–Trinajstić information content (AvgIpc) is 2.26. The second-order valence-electron chi connectivity index (χ2n) is 6.97. The minimum absolute atomic E-state index is 0.0293. The van der Waals surface area contributed by atoms with E-state index in [2.05, 4.69) is 34.6 Å². The molecular weight excluding hydrogens is 184 g/mol. The van der Waals surface area contributed by atoms with Crippen molar-refractivity contribution in [1.29, 1.82) is 0 Å². The molecule has 0 aliphatic heterocycles. The molecule has 1 nitrogen and oxygen atoms in total. The molecular formula is C14H26O. The Bertz CT molecular complexity index is 254. The number of fused-ring (bicyclic) bond motifs is 1. The number of aliphatic hydroxyl groups excluding tert-OH is 1. The lowest BCUT2D eigenvalue weighted by Gasteiger charge is -2.42. The predicted molar refractivity (Wildman–Crippen MR) is 63.6 cm³/mol. The molecule has 0 heterocycles. The van der Waals surface area contributed by atoms with Crippen LogP contribution in [0, 0.1) is 28.6 Å². The zero-order valence-corrected chi connectivity index (χ0v) is 10.9.